The van der Waals surface area contributed by atoms with Gasteiger partial charge in [-0.05, 0) is 18.6 Å². The van der Waals surface area contributed by atoms with Gasteiger partial charge < -0.3 is 15.5 Å². The first kappa shape index (κ1) is 12.2. The number of pyridine rings is 1. The second kappa shape index (κ2) is 4.92. The Balaban J connectivity index is 2.26. The van der Waals surface area contributed by atoms with Crippen molar-refractivity contribution in [1.82, 2.24) is 9.88 Å². The van der Waals surface area contributed by atoms with Crippen LogP contribution in [0.2, 0.25) is 0 Å². The number of nitrogens with zero attached hydrogens (tertiary/aromatic N) is 4. The Hall–Kier alpha value is -2.29. The number of amides is 1. The summed E-state index contributed by atoms with van der Waals surface area (Å²) in [6, 6.07) is 5.35. The van der Waals surface area contributed by atoms with E-state index in [9.17, 15) is 4.79 Å². The van der Waals surface area contributed by atoms with Crippen LogP contribution < -0.4 is 10.6 Å². The van der Waals surface area contributed by atoms with Gasteiger partial charge in [-0.2, -0.15) is 5.26 Å². The van der Waals surface area contributed by atoms with Crippen LogP contribution >= 0.6 is 0 Å². The predicted octanol–water partition coefficient (Wildman–Crippen LogP) is 0.204. The molecule has 2 rings (SSSR count). The molecule has 18 heavy (non-hydrogen) atoms. The average molecular weight is 245 g/mol. The quantitative estimate of drug-likeness (QED) is 0.764. The molecule has 1 aromatic heterocycles. The van der Waals surface area contributed by atoms with Gasteiger partial charge >= 0.3 is 0 Å². The zero-order valence-corrected chi connectivity index (χ0v) is 10.3. The number of nitrogen functional groups attached to an aromatic ring is 1. The van der Waals surface area contributed by atoms with E-state index in [2.05, 4.69) is 4.98 Å². The topological polar surface area (TPSA) is 86.2 Å². The number of rotatable bonds is 1. The summed E-state index contributed by atoms with van der Waals surface area (Å²) in [6.07, 6.45) is 0.885. The predicted molar refractivity (Wildman–Crippen MR) is 67.8 cm³/mol. The van der Waals surface area contributed by atoms with Gasteiger partial charge in [0.2, 0.25) is 5.91 Å². The standard InChI is InChI=1S/C12H15N5O/c1-16-5-2-6-17(8-12(16)18)11-4-3-9(14)10(7-13)15-11/h3-4H,2,5-6,8,14H2,1H3. The fraction of sp³-hybridized carbons (Fsp3) is 0.417. The highest BCUT2D eigenvalue weighted by molar-refractivity contribution is 5.81. The number of aromatic nitrogens is 1. The third kappa shape index (κ3) is 2.35. The van der Waals surface area contributed by atoms with Gasteiger partial charge in [0.15, 0.2) is 5.69 Å². The summed E-state index contributed by atoms with van der Waals surface area (Å²) >= 11 is 0. The largest absolute Gasteiger partial charge is 0.396 e. The van der Waals surface area contributed by atoms with Gasteiger partial charge in [0.25, 0.3) is 0 Å². The molecule has 6 heteroatoms. The molecule has 0 aliphatic carbocycles. The first-order chi connectivity index (χ1) is 8.61. The number of anilines is 2. The monoisotopic (exact) mass is 245 g/mol. The lowest BCUT2D eigenvalue weighted by atomic mass is 10.3. The van der Waals surface area contributed by atoms with Gasteiger partial charge in [0.1, 0.15) is 11.9 Å². The third-order valence-electron chi connectivity index (χ3n) is 3.02. The van der Waals surface area contributed by atoms with Gasteiger partial charge in [-0.25, -0.2) is 4.98 Å². The van der Waals surface area contributed by atoms with E-state index in [1.54, 1.807) is 24.1 Å². The molecule has 0 spiro atoms. The molecule has 2 heterocycles. The summed E-state index contributed by atoms with van der Waals surface area (Å²) < 4.78 is 0. The normalized spacial score (nSPS) is 16.3. The number of nitrogens with two attached hydrogens (primary N) is 1. The fourth-order valence-corrected chi connectivity index (χ4v) is 1.91. The summed E-state index contributed by atoms with van der Waals surface area (Å²) in [4.78, 5) is 19.6. The molecule has 0 aromatic carbocycles. The molecule has 6 nitrogen and oxygen atoms in total. The minimum atomic E-state index is 0.0598. The smallest absolute Gasteiger partial charge is 0.241 e. The van der Waals surface area contributed by atoms with Crippen LogP contribution in [0, 0.1) is 11.3 Å². The molecule has 0 radical (unpaired) electrons. The number of likely N-dealkylation sites (N-methyl/N-ethyl adjacent to an activating group) is 1. The molecule has 0 unspecified atom stereocenters. The summed E-state index contributed by atoms with van der Waals surface area (Å²) in [5.74, 6) is 0.689. The first-order valence-electron chi connectivity index (χ1n) is 5.77. The highest BCUT2D eigenvalue weighted by Crippen LogP contribution is 2.18. The molecule has 94 valence electrons. The van der Waals surface area contributed by atoms with Crippen LogP contribution in [0.4, 0.5) is 11.5 Å². The van der Waals surface area contributed by atoms with E-state index in [0.29, 0.717) is 11.5 Å². The van der Waals surface area contributed by atoms with Crippen LogP contribution in [-0.4, -0.2) is 42.5 Å². The Bertz CT molecular complexity index is 508. The minimum absolute atomic E-state index is 0.0598. The van der Waals surface area contributed by atoms with Gasteiger partial charge in [-0.15, -0.1) is 0 Å². The molecule has 0 saturated carbocycles. The summed E-state index contributed by atoms with van der Waals surface area (Å²) in [7, 11) is 1.79. The molecule has 0 bridgehead atoms. The van der Waals surface area contributed by atoms with E-state index in [1.807, 2.05) is 11.0 Å². The van der Waals surface area contributed by atoms with E-state index >= 15 is 0 Å². The van der Waals surface area contributed by atoms with Crippen molar-refractivity contribution >= 4 is 17.4 Å². The number of hydrogen-bond acceptors (Lipinski definition) is 5. The van der Waals surface area contributed by atoms with E-state index in [1.165, 1.54) is 0 Å². The Morgan fingerprint density at radius 3 is 2.94 bits per heavy atom. The van der Waals surface area contributed by atoms with Crippen LogP contribution in [0.15, 0.2) is 12.1 Å². The zero-order valence-electron chi connectivity index (χ0n) is 10.3. The highest BCUT2D eigenvalue weighted by atomic mass is 16.2. The van der Waals surface area contributed by atoms with Crippen LogP contribution in [0.5, 0.6) is 0 Å². The van der Waals surface area contributed by atoms with Gasteiger partial charge in [-0.1, -0.05) is 0 Å². The number of nitriles is 1. The van der Waals surface area contributed by atoms with Crippen molar-refractivity contribution in [1.29, 1.82) is 5.26 Å². The van der Waals surface area contributed by atoms with E-state index in [4.69, 9.17) is 11.0 Å². The molecule has 1 aliphatic rings. The molecule has 0 atom stereocenters. The maximum absolute atomic E-state index is 11.8. The Morgan fingerprint density at radius 1 is 1.44 bits per heavy atom. The molecular weight excluding hydrogens is 230 g/mol. The highest BCUT2D eigenvalue weighted by Gasteiger charge is 2.20. The molecule has 2 N–H and O–H groups in total. The van der Waals surface area contributed by atoms with Crippen LogP contribution in [0.25, 0.3) is 0 Å². The molecule has 1 amide bonds. The van der Waals surface area contributed by atoms with Crippen LogP contribution in [-0.2, 0) is 4.79 Å². The maximum atomic E-state index is 11.8. The van der Waals surface area contributed by atoms with E-state index in [0.717, 1.165) is 19.5 Å². The van der Waals surface area contributed by atoms with Crippen molar-refractivity contribution in [2.75, 3.05) is 37.3 Å². The maximum Gasteiger partial charge on any atom is 0.241 e. The number of carbonyl (C=O) groups excluding carboxylic acids is 1. The molecular formula is C12H15N5O. The molecule has 1 saturated heterocycles. The fourth-order valence-electron chi connectivity index (χ4n) is 1.91. The van der Waals surface area contributed by atoms with E-state index < -0.39 is 0 Å². The van der Waals surface area contributed by atoms with E-state index in [-0.39, 0.29) is 18.1 Å². The van der Waals surface area contributed by atoms with Crippen LogP contribution in [0.3, 0.4) is 0 Å². The van der Waals surface area contributed by atoms with Gasteiger partial charge in [-0.3, -0.25) is 4.79 Å². The molecule has 1 fully saturated rings. The van der Waals surface area contributed by atoms with Gasteiger partial charge in [0, 0.05) is 20.1 Å². The Kier molecular flexibility index (Phi) is 3.33. The van der Waals surface area contributed by atoms with Gasteiger partial charge in [0.05, 0.1) is 12.2 Å². The summed E-state index contributed by atoms with van der Waals surface area (Å²) in [5.41, 5.74) is 6.20. The lowest BCUT2D eigenvalue weighted by Crippen LogP contribution is -2.34. The van der Waals surface area contributed by atoms with Crippen molar-refractivity contribution in [3.8, 4) is 6.07 Å². The number of hydrogen-bond donors (Lipinski definition) is 1. The SMILES string of the molecule is CN1CCCN(c2ccc(N)c(C#N)n2)CC1=O. The number of carbonyl (C=O) groups is 1. The Labute approximate surface area is 106 Å². The van der Waals surface area contributed by atoms with Crippen molar-refractivity contribution in [3.63, 3.8) is 0 Å². The lowest BCUT2D eigenvalue weighted by molar-refractivity contribution is -0.127. The van der Waals surface area contributed by atoms with Crippen molar-refractivity contribution in [2.24, 2.45) is 0 Å². The van der Waals surface area contributed by atoms with Crippen molar-refractivity contribution in [2.45, 2.75) is 6.42 Å². The summed E-state index contributed by atoms with van der Waals surface area (Å²) in [5, 5.41) is 8.90. The lowest BCUT2D eigenvalue weighted by Gasteiger charge is -2.21. The van der Waals surface area contributed by atoms with Crippen LogP contribution in [0.1, 0.15) is 12.1 Å². The van der Waals surface area contributed by atoms with Crippen molar-refractivity contribution in [3.05, 3.63) is 17.8 Å². The second-order valence-corrected chi connectivity index (χ2v) is 4.31. The second-order valence-electron chi connectivity index (χ2n) is 4.31. The third-order valence-corrected chi connectivity index (χ3v) is 3.02. The first-order valence-corrected chi connectivity index (χ1v) is 5.77. The zero-order chi connectivity index (χ0) is 13.1. The Morgan fingerprint density at radius 2 is 2.22 bits per heavy atom. The van der Waals surface area contributed by atoms with Crippen molar-refractivity contribution < 1.29 is 4.79 Å². The molecule has 1 aromatic rings. The molecule has 1 aliphatic heterocycles. The average Bonchev–Trinajstić information content (AvgIpc) is 2.53. The summed E-state index contributed by atoms with van der Waals surface area (Å²) in [6.45, 7) is 1.78. The minimum Gasteiger partial charge on any atom is -0.396 e.